The summed E-state index contributed by atoms with van der Waals surface area (Å²) in [6.45, 7) is 1.28. The van der Waals surface area contributed by atoms with Crippen molar-refractivity contribution in [3.05, 3.63) is 23.5 Å². The number of hydrogen-bond acceptors (Lipinski definition) is 5. The zero-order valence-corrected chi connectivity index (χ0v) is 7.89. The highest BCUT2D eigenvalue weighted by Crippen LogP contribution is 2.25. The summed E-state index contributed by atoms with van der Waals surface area (Å²) in [7, 11) is 1.19. The molecule has 14 heavy (non-hydrogen) atoms. The third-order valence-corrected chi connectivity index (χ3v) is 2.01. The molecule has 0 aromatic rings. The summed E-state index contributed by atoms with van der Waals surface area (Å²) in [5, 5.41) is 28.1. The van der Waals surface area contributed by atoms with Crippen LogP contribution in [0.15, 0.2) is 23.5 Å². The minimum atomic E-state index is -1.66. The largest absolute Gasteiger partial charge is 0.509 e. The predicted octanol–water partition coefficient (Wildman–Crippen LogP) is -0.347. The molecule has 1 aliphatic carbocycles. The summed E-state index contributed by atoms with van der Waals surface area (Å²) < 4.78 is 4.41. The molecule has 5 nitrogen and oxygen atoms in total. The van der Waals surface area contributed by atoms with Gasteiger partial charge in [-0.15, -0.1) is 0 Å². The van der Waals surface area contributed by atoms with Gasteiger partial charge in [-0.1, -0.05) is 0 Å². The summed E-state index contributed by atoms with van der Waals surface area (Å²) in [5.41, 5.74) is -1.65. The Morgan fingerprint density at radius 1 is 1.64 bits per heavy atom. The molecule has 0 saturated carbocycles. The van der Waals surface area contributed by atoms with E-state index in [1.54, 1.807) is 0 Å². The molecule has 0 aromatic heterocycles. The van der Waals surface area contributed by atoms with E-state index in [1.807, 2.05) is 0 Å². The maximum atomic E-state index is 11.1. The van der Waals surface area contributed by atoms with Gasteiger partial charge in [-0.2, -0.15) is 0 Å². The number of aliphatic hydroxyl groups excluding tert-OH is 2. The molecule has 0 spiro atoms. The summed E-state index contributed by atoms with van der Waals surface area (Å²) in [6.07, 6.45) is 0.786. The molecular formula is C9H12O5. The van der Waals surface area contributed by atoms with E-state index in [4.69, 9.17) is 0 Å². The monoisotopic (exact) mass is 200 g/mol. The lowest BCUT2D eigenvalue weighted by molar-refractivity contribution is -0.136. The van der Waals surface area contributed by atoms with Gasteiger partial charge in [0, 0.05) is 0 Å². The van der Waals surface area contributed by atoms with Crippen LogP contribution in [0.25, 0.3) is 0 Å². The second-order valence-electron chi connectivity index (χ2n) is 3.29. The van der Waals surface area contributed by atoms with Gasteiger partial charge in [0.05, 0.1) is 12.7 Å². The Kier molecular flexibility index (Phi) is 2.64. The van der Waals surface area contributed by atoms with Crippen LogP contribution in [0.2, 0.25) is 0 Å². The number of carbonyl (C=O) groups excluding carboxylic acids is 1. The number of carbonyl (C=O) groups is 1. The first-order chi connectivity index (χ1) is 6.38. The van der Waals surface area contributed by atoms with Crippen molar-refractivity contribution >= 4 is 5.97 Å². The molecule has 78 valence electrons. The maximum absolute atomic E-state index is 11.1. The Balaban J connectivity index is 3.06. The van der Waals surface area contributed by atoms with Crippen molar-refractivity contribution in [2.75, 3.05) is 7.11 Å². The van der Waals surface area contributed by atoms with E-state index in [2.05, 4.69) is 4.74 Å². The van der Waals surface area contributed by atoms with Crippen LogP contribution in [0.3, 0.4) is 0 Å². The fourth-order valence-electron chi connectivity index (χ4n) is 1.21. The fourth-order valence-corrected chi connectivity index (χ4v) is 1.21. The smallest absolute Gasteiger partial charge is 0.337 e. The Hall–Kier alpha value is -1.33. The van der Waals surface area contributed by atoms with Gasteiger partial charge in [0.15, 0.2) is 0 Å². The fraction of sp³-hybridized carbons (Fsp3) is 0.444. The van der Waals surface area contributed by atoms with Crippen molar-refractivity contribution < 1.29 is 24.9 Å². The first-order valence-corrected chi connectivity index (χ1v) is 4.00. The summed E-state index contributed by atoms with van der Waals surface area (Å²) in [5.74, 6) is -1.14. The number of aliphatic hydroxyl groups is 3. The number of rotatable bonds is 1. The average Bonchev–Trinajstić information content (AvgIpc) is 2.12. The van der Waals surface area contributed by atoms with Crippen LogP contribution in [0.1, 0.15) is 6.92 Å². The van der Waals surface area contributed by atoms with Crippen LogP contribution in [0.4, 0.5) is 0 Å². The standard InChI is InChI=1S/C9H12O5/c1-9(13)4-5(8(12)14-2)3-6(10)7(9)11/h3-4,7,10-11,13H,1-2H3. The van der Waals surface area contributed by atoms with E-state index >= 15 is 0 Å². The van der Waals surface area contributed by atoms with E-state index in [9.17, 15) is 20.1 Å². The third kappa shape index (κ3) is 1.78. The summed E-state index contributed by atoms with van der Waals surface area (Å²) in [6, 6.07) is 0. The quantitative estimate of drug-likeness (QED) is 0.504. The first kappa shape index (κ1) is 10.7. The Labute approximate surface area is 80.9 Å². The molecular weight excluding hydrogens is 188 g/mol. The van der Waals surface area contributed by atoms with Gasteiger partial charge in [-0.05, 0) is 19.1 Å². The lowest BCUT2D eigenvalue weighted by Gasteiger charge is -2.29. The second kappa shape index (κ2) is 3.43. The van der Waals surface area contributed by atoms with Crippen molar-refractivity contribution in [2.45, 2.75) is 18.6 Å². The molecule has 0 bridgehead atoms. The van der Waals surface area contributed by atoms with Gasteiger partial charge < -0.3 is 20.1 Å². The van der Waals surface area contributed by atoms with E-state index < -0.39 is 23.4 Å². The Morgan fingerprint density at radius 2 is 2.21 bits per heavy atom. The van der Waals surface area contributed by atoms with Crippen molar-refractivity contribution in [2.24, 2.45) is 0 Å². The van der Waals surface area contributed by atoms with Gasteiger partial charge in [0.25, 0.3) is 0 Å². The summed E-state index contributed by atoms with van der Waals surface area (Å²) in [4.78, 5) is 11.1. The van der Waals surface area contributed by atoms with Crippen molar-refractivity contribution in [1.82, 2.24) is 0 Å². The molecule has 0 saturated heterocycles. The highest BCUT2D eigenvalue weighted by atomic mass is 16.5. The van der Waals surface area contributed by atoms with E-state index in [0.717, 1.165) is 12.2 Å². The minimum Gasteiger partial charge on any atom is -0.509 e. The molecule has 3 N–H and O–H groups in total. The molecule has 2 atom stereocenters. The predicted molar refractivity (Wildman–Crippen MR) is 47.4 cm³/mol. The molecule has 1 aliphatic rings. The van der Waals surface area contributed by atoms with E-state index in [-0.39, 0.29) is 5.57 Å². The molecule has 5 heteroatoms. The molecule has 0 amide bonds. The zero-order valence-electron chi connectivity index (χ0n) is 7.89. The van der Waals surface area contributed by atoms with Crippen molar-refractivity contribution in [3.63, 3.8) is 0 Å². The summed E-state index contributed by atoms with van der Waals surface area (Å²) >= 11 is 0. The van der Waals surface area contributed by atoms with Crippen LogP contribution in [0, 0.1) is 0 Å². The third-order valence-electron chi connectivity index (χ3n) is 2.01. The van der Waals surface area contributed by atoms with Crippen LogP contribution >= 0.6 is 0 Å². The second-order valence-corrected chi connectivity index (χ2v) is 3.29. The normalized spacial score (nSPS) is 31.9. The lowest BCUT2D eigenvalue weighted by Crippen LogP contribution is -2.41. The molecule has 0 aromatic carbocycles. The Bertz CT molecular complexity index is 313. The first-order valence-electron chi connectivity index (χ1n) is 4.00. The minimum absolute atomic E-state index is 0.0142. The Morgan fingerprint density at radius 3 is 2.64 bits per heavy atom. The highest BCUT2D eigenvalue weighted by molar-refractivity contribution is 5.92. The molecule has 2 unspecified atom stereocenters. The van der Waals surface area contributed by atoms with Crippen LogP contribution < -0.4 is 0 Å². The van der Waals surface area contributed by atoms with Crippen molar-refractivity contribution in [3.8, 4) is 0 Å². The zero-order chi connectivity index (χ0) is 10.9. The van der Waals surface area contributed by atoms with E-state index in [0.29, 0.717) is 0 Å². The number of ether oxygens (including phenoxy) is 1. The SMILES string of the molecule is COC(=O)C1=CC(C)(O)C(O)C(O)=C1. The highest BCUT2D eigenvalue weighted by Gasteiger charge is 2.36. The van der Waals surface area contributed by atoms with Crippen molar-refractivity contribution in [1.29, 1.82) is 0 Å². The van der Waals surface area contributed by atoms with E-state index in [1.165, 1.54) is 14.0 Å². The van der Waals surface area contributed by atoms with Gasteiger partial charge in [0.1, 0.15) is 17.5 Å². The molecule has 0 aliphatic heterocycles. The van der Waals surface area contributed by atoms with Crippen LogP contribution in [-0.2, 0) is 9.53 Å². The van der Waals surface area contributed by atoms with Crippen LogP contribution in [-0.4, -0.2) is 40.1 Å². The molecule has 0 heterocycles. The molecule has 1 rings (SSSR count). The number of hydrogen-bond donors (Lipinski definition) is 3. The molecule has 0 fully saturated rings. The van der Waals surface area contributed by atoms with Gasteiger partial charge in [0.2, 0.25) is 0 Å². The van der Waals surface area contributed by atoms with Gasteiger partial charge >= 0.3 is 5.97 Å². The molecule has 0 radical (unpaired) electrons. The van der Waals surface area contributed by atoms with Gasteiger partial charge in [-0.3, -0.25) is 0 Å². The average molecular weight is 200 g/mol. The number of methoxy groups -OCH3 is 1. The van der Waals surface area contributed by atoms with Gasteiger partial charge in [-0.25, -0.2) is 4.79 Å². The topological polar surface area (TPSA) is 87.0 Å². The number of esters is 1. The maximum Gasteiger partial charge on any atom is 0.337 e. The lowest BCUT2D eigenvalue weighted by atomic mass is 9.89. The van der Waals surface area contributed by atoms with Crippen LogP contribution in [0.5, 0.6) is 0 Å².